The summed E-state index contributed by atoms with van der Waals surface area (Å²) >= 11 is 0. The SMILES string of the molecule is CC(=O)NCC(=O)NC1CCCN(Cc2ccc(CC(C)C)cc2)C1. The first-order valence-corrected chi connectivity index (χ1v) is 9.26. The van der Waals surface area contributed by atoms with Gasteiger partial charge in [-0.3, -0.25) is 14.5 Å². The fourth-order valence-electron chi connectivity index (χ4n) is 3.31. The van der Waals surface area contributed by atoms with E-state index in [9.17, 15) is 9.59 Å². The minimum absolute atomic E-state index is 0.0587. The number of carbonyl (C=O) groups is 2. The van der Waals surface area contributed by atoms with E-state index in [0.29, 0.717) is 5.92 Å². The summed E-state index contributed by atoms with van der Waals surface area (Å²) < 4.78 is 0. The third-order valence-corrected chi connectivity index (χ3v) is 4.44. The number of nitrogens with zero attached hydrogens (tertiary/aromatic N) is 1. The average Bonchev–Trinajstić information content (AvgIpc) is 2.55. The number of benzene rings is 1. The highest BCUT2D eigenvalue weighted by atomic mass is 16.2. The van der Waals surface area contributed by atoms with Crippen LogP contribution in [-0.2, 0) is 22.6 Å². The molecule has 2 amide bonds. The highest BCUT2D eigenvalue weighted by Crippen LogP contribution is 2.15. The van der Waals surface area contributed by atoms with E-state index in [1.54, 1.807) is 0 Å². The minimum atomic E-state index is -0.179. The van der Waals surface area contributed by atoms with E-state index < -0.39 is 0 Å². The van der Waals surface area contributed by atoms with Crippen molar-refractivity contribution in [3.05, 3.63) is 35.4 Å². The molecule has 0 saturated carbocycles. The van der Waals surface area contributed by atoms with Crippen LogP contribution in [0.5, 0.6) is 0 Å². The minimum Gasteiger partial charge on any atom is -0.351 e. The summed E-state index contributed by atoms with van der Waals surface area (Å²) in [5.74, 6) is 0.385. The largest absolute Gasteiger partial charge is 0.351 e. The summed E-state index contributed by atoms with van der Waals surface area (Å²) in [5, 5.41) is 5.57. The fourth-order valence-corrected chi connectivity index (χ4v) is 3.31. The van der Waals surface area contributed by atoms with Gasteiger partial charge in [-0.15, -0.1) is 0 Å². The molecule has 1 heterocycles. The maximum Gasteiger partial charge on any atom is 0.239 e. The molecule has 138 valence electrons. The first-order valence-electron chi connectivity index (χ1n) is 9.26. The van der Waals surface area contributed by atoms with E-state index in [1.807, 2.05) is 0 Å². The topological polar surface area (TPSA) is 61.4 Å². The van der Waals surface area contributed by atoms with E-state index in [2.05, 4.69) is 53.6 Å². The van der Waals surface area contributed by atoms with Gasteiger partial charge in [-0.25, -0.2) is 0 Å². The van der Waals surface area contributed by atoms with Gasteiger partial charge in [0.1, 0.15) is 0 Å². The molecule has 0 radical (unpaired) electrons. The van der Waals surface area contributed by atoms with Crippen molar-refractivity contribution in [2.45, 2.75) is 52.6 Å². The predicted molar refractivity (Wildman–Crippen MR) is 100 cm³/mol. The fraction of sp³-hybridized carbons (Fsp3) is 0.600. The molecule has 25 heavy (non-hydrogen) atoms. The molecule has 0 aliphatic carbocycles. The van der Waals surface area contributed by atoms with E-state index in [0.717, 1.165) is 38.9 Å². The zero-order valence-electron chi connectivity index (χ0n) is 15.7. The molecule has 0 bridgehead atoms. The second kappa shape index (κ2) is 9.56. The first kappa shape index (κ1) is 19.4. The number of amides is 2. The summed E-state index contributed by atoms with van der Waals surface area (Å²) in [6.45, 7) is 8.79. The van der Waals surface area contributed by atoms with Crippen LogP contribution < -0.4 is 10.6 Å². The molecule has 5 nitrogen and oxygen atoms in total. The van der Waals surface area contributed by atoms with Gasteiger partial charge < -0.3 is 10.6 Å². The highest BCUT2D eigenvalue weighted by molar-refractivity contribution is 5.83. The molecular formula is C20H31N3O2. The Morgan fingerprint density at radius 2 is 1.88 bits per heavy atom. The molecule has 2 rings (SSSR count). The van der Waals surface area contributed by atoms with Crippen molar-refractivity contribution >= 4 is 11.8 Å². The number of nitrogens with one attached hydrogen (secondary N) is 2. The van der Waals surface area contributed by atoms with Crippen molar-refractivity contribution < 1.29 is 9.59 Å². The van der Waals surface area contributed by atoms with Gasteiger partial charge in [-0.05, 0) is 42.9 Å². The lowest BCUT2D eigenvalue weighted by Gasteiger charge is -2.33. The molecule has 0 spiro atoms. The van der Waals surface area contributed by atoms with Gasteiger partial charge in [0, 0.05) is 26.1 Å². The lowest BCUT2D eigenvalue weighted by atomic mass is 10.0. The first-order chi connectivity index (χ1) is 11.9. The standard InChI is InChI=1S/C20H31N3O2/c1-15(2)11-17-6-8-18(9-7-17)13-23-10-4-5-19(14-23)22-20(25)12-21-16(3)24/h6-9,15,19H,4-5,10-14H2,1-3H3,(H,21,24)(H,22,25). The number of hydrogen-bond acceptors (Lipinski definition) is 3. The van der Waals surface area contributed by atoms with Crippen LogP contribution in [0.4, 0.5) is 0 Å². The lowest BCUT2D eigenvalue weighted by Crippen LogP contribution is -2.49. The molecule has 2 N–H and O–H groups in total. The van der Waals surface area contributed by atoms with Crippen LogP contribution in [0, 0.1) is 5.92 Å². The summed E-state index contributed by atoms with van der Waals surface area (Å²) in [6, 6.07) is 9.06. The number of hydrogen-bond donors (Lipinski definition) is 2. The molecule has 1 aromatic carbocycles. The Balaban J connectivity index is 1.80. The van der Waals surface area contributed by atoms with Crippen LogP contribution >= 0.6 is 0 Å². The molecule has 1 fully saturated rings. The van der Waals surface area contributed by atoms with Gasteiger partial charge in [0.2, 0.25) is 11.8 Å². The molecule has 1 aliphatic heterocycles. The highest BCUT2D eigenvalue weighted by Gasteiger charge is 2.21. The molecule has 1 aromatic rings. The zero-order chi connectivity index (χ0) is 18.2. The Kier molecular flexibility index (Phi) is 7.44. The van der Waals surface area contributed by atoms with Gasteiger partial charge >= 0.3 is 0 Å². The number of carbonyl (C=O) groups excluding carboxylic acids is 2. The van der Waals surface area contributed by atoms with Crippen molar-refractivity contribution in [2.24, 2.45) is 5.92 Å². The molecule has 5 heteroatoms. The molecule has 1 atom stereocenters. The second-order valence-electron chi connectivity index (χ2n) is 7.47. The maximum absolute atomic E-state index is 11.9. The third-order valence-electron chi connectivity index (χ3n) is 4.44. The monoisotopic (exact) mass is 345 g/mol. The van der Waals surface area contributed by atoms with Crippen LogP contribution in [0.15, 0.2) is 24.3 Å². The average molecular weight is 345 g/mol. The zero-order valence-corrected chi connectivity index (χ0v) is 15.7. The van der Waals surface area contributed by atoms with Gasteiger partial charge in [0.05, 0.1) is 6.54 Å². The van der Waals surface area contributed by atoms with Crippen LogP contribution in [0.1, 0.15) is 44.7 Å². The number of piperidine rings is 1. The second-order valence-corrected chi connectivity index (χ2v) is 7.47. The lowest BCUT2D eigenvalue weighted by molar-refractivity contribution is -0.125. The summed E-state index contributed by atoms with van der Waals surface area (Å²) in [4.78, 5) is 25.1. The Labute approximate surface area is 151 Å². The third kappa shape index (κ3) is 7.26. The van der Waals surface area contributed by atoms with Crippen molar-refractivity contribution in [1.82, 2.24) is 15.5 Å². The van der Waals surface area contributed by atoms with Gasteiger partial charge in [0.15, 0.2) is 0 Å². The molecule has 1 saturated heterocycles. The van der Waals surface area contributed by atoms with E-state index in [-0.39, 0.29) is 24.4 Å². The molecule has 1 aliphatic rings. The van der Waals surface area contributed by atoms with E-state index >= 15 is 0 Å². The van der Waals surface area contributed by atoms with Crippen molar-refractivity contribution in [2.75, 3.05) is 19.6 Å². The number of likely N-dealkylation sites (tertiary alicyclic amines) is 1. The van der Waals surface area contributed by atoms with Gasteiger partial charge in [-0.1, -0.05) is 38.1 Å². The predicted octanol–water partition coefficient (Wildman–Crippen LogP) is 2.10. The van der Waals surface area contributed by atoms with Crippen LogP contribution in [0.2, 0.25) is 0 Å². The summed E-state index contributed by atoms with van der Waals surface area (Å²) in [6.07, 6.45) is 3.19. The normalized spacial score (nSPS) is 18.2. The van der Waals surface area contributed by atoms with Gasteiger partial charge in [-0.2, -0.15) is 0 Å². The Bertz CT molecular complexity index is 569. The molecule has 0 aromatic heterocycles. The van der Waals surface area contributed by atoms with E-state index in [1.165, 1.54) is 18.1 Å². The maximum atomic E-state index is 11.9. The quantitative estimate of drug-likeness (QED) is 0.796. The van der Waals surface area contributed by atoms with Crippen molar-refractivity contribution in [1.29, 1.82) is 0 Å². The van der Waals surface area contributed by atoms with Crippen LogP contribution in [0.25, 0.3) is 0 Å². The van der Waals surface area contributed by atoms with Crippen molar-refractivity contribution in [3.8, 4) is 0 Å². The van der Waals surface area contributed by atoms with Crippen LogP contribution in [-0.4, -0.2) is 42.4 Å². The Hall–Kier alpha value is -1.88. The summed E-state index contributed by atoms with van der Waals surface area (Å²) in [5.41, 5.74) is 2.71. The Morgan fingerprint density at radius 3 is 2.52 bits per heavy atom. The number of rotatable bonds is 7. The smallest absolute Gasteiger partial charge is 0.239 e. The van der Waals surface area contributed by atoms with Gasteiger partial charge in [0.25, 0.3) is 0 Å². The van der Waals surface area contributed by atoms with Crippen molar-refractivity contribution in [3.63, 3.8) is 0 Å². The Morgan fingerprint density at radius 1 is 1.20 bits per heavy atom. The van der Waals surface area contributed by atoms with E-state index in [4.69, 9.17) is 0 Å². The summed E-state index contributed by atoms with van der Waals surface area (Å²) in [7, 11) is 0. The molecular weight excluding hydrogens is 314 g/mol. The molecule has 1 unspecified atom stereocenters. The van der Waals surface area contributed by atoms with Crippen LogP contribution in [0.3, 0.4) is 0 Å².